The Morgan fingerprint density at radius 1 is 1.21 bits per heavy atom. The molecule has 0 atom stereocenters. The molecule has 0 aliphatic heterocycles. The van der Waals surface area contributed by atoms with Crippen LogP contribution in [0.2, 0.25) is 0 Å². The number of Topliss-reactive ketones (excluding diaryl/α,β-unsaturated/α-hetero) is 1. The van der Waals surface area contributed by atoms with E-state index in [1.807, 2.05) is 0 Å². The van der Waals surface area contributed by atoms with E-state index in [9.17, 15) is 9.59 Å². The maximum atomic E-state index is 11.7. The van der Waals surface area contributed by atoms with Crippen molar-refractivity contribution in [3.8, 4) is 11.5 Å². The van der Waals surface area contributed by atoms with Crippen molar-refractivity contribution in [2.24, 2.45) is 7.05 Å². The number of fused-ring (bicyclic) bond motifs is 1. The van der Waals surface area contributed by atoms with Crippen molar-refractivity contribution >= 4 is 22.7 Å². The SMILES string of the molecule is COc1cc(OC)c2c(c1)c(C(=O)C(=O)O)cn2C. The minimum atomic E-state index is -1.49. The Kier molecular flexibility index (Phi) is 3.16. The smallest absolute Gasteiger partial charge is 0.377 e. The number of aryl methyl sites for hydroxylation is 1. The molecule has 0 aliphatic carbocycles. The van der Waals surface area contributed by atoms with Gasteiger partial charge in [-0.2, -0.15) is 0 Å². The van der Waals surface area contributed by atoms with Gasteiger partial charge in [0.05, 0.1) is 25.3 Å². The van der Waals surface area contributed by atoms with Crippen LogP contribution in [-0.4, -0.2) is 35.6 Å². The molecule has 6 heteroatoms. The van der Waals surface area contributed by atoms with Crippen LogP contribution < -0.4 is 9.47 Å². The van der Waals surface area contributed by atoms with Crippen LogP contribution in [-0.2, 0) is 11.8 Å². The number of carboxylic acids is 1. The first-order valence-corrected chi connectivity index (χ1v) is 5.48. The molecule has 0 unspecified atom stereocenters. The fourth-order valence-electron chi connectivity index (χ4n) is 2.05. The molecule has 0 saturated carbocycles. The molecule has 1 heterocycles. The Labute approximate surface area is 109 Å². The van der Waals surface area contributed by atoms with Gasteiger partial charge in [-0.1, -0.05) is 0 Å². The van der Waals surface area contributed by atoms with E-state index in [2.05, 4.69) is 0 Å². The van der Waals surface area contributed by atoms with Crippen LogP contribution in [0.25, 0.3) is 10.9 Å². The van der Waals surface area contributed by atoms with E-state index in [-0.39, 0.29) is 5.56 Å². The number of rotatable bonds is 4. The molecule has 0 spiro atoms. The first-order chi connectivity index (χ1) is 8.99. The topological polar surface area (TPSA) is 77.8 Å². The molecule has 1 N–H and O–H groups in total. The highest BCUT2D eigenvalue weighted by atomic mass is 16.5. The van der Waals surface area contributed by atoms with Crippen LogP contribution >= 0.6 is 0 Å². The van der Waals surface area contributed by atoms with E-state index >= 15 is 0 Å². The highest BCUT2D eigenvalue weighted by molar-refractivity contribution is 6.42. The summed E-state index contributed by atoms with van der Waals surface area (Å²) < 4.78 is 12.0. The summed E-state index contributed by atoms with van der Waals surface area (Å²) in [5.74, 6) is -1.44. The summed E-state index contributed by atoms with van der Waals surface area (Å²) in [6.45, 7) is 0. The Morgan fingerprint density at radius 2 is 1.89 bits per heavy atom. The molecular formula is C13H13NO5. The Bertz CT molecular complexity index is 671. The van der Waals surface area contributed by atoms with Crippen LogP contribution in [0.5, 0.6) is 11.5 Å². The number of methoxy groups -OCH3 is 2. The van der Waals surface area contributed by atoms with Crippen LogP contribution in [0, 0.1) is 0 Å². The maximum absolute atomic E-state index is 11.7. The minimum Gasteiger partial charge on any atom is -0.497 e. The average Bonchev–Trinajstić information content (AvgIpc) is 2.74. The number of aromatic nitrogens is 1. The summed E-state index contributed by atoms with van der Waals surface area (Å²) in [6.07, 6.45) is 1.48. The standard InChI is InChI=1S/C13H13NO5/c1-14-6-9(12(15)13(16)17)8-4-7(18-2)5-10(19-3)11(8)14/h4-6H,1-3H3,(H,16,17). The second kappa shape index (κ2) is 4.64. The molecule has 2 aromatic rings. The number of aliphatic carboxylic acids is 1. The van der Waals surface area contributed by atoms with E-state index in [0.717, 1.165) is 0 Å². The number of hydrogen-bond donors (Lipinski definition) is 1. The fourth-order valence-corrected chi connectivity index (χ4v) is 2.05. The number of nitrogens with zero attached hydrogens (tertiary/aromatic N) is 1. The molecule has 0 fully saturated rings. The van der Waals surface area contributed by atoms with Gasteiger partial charge in [-0.3, -0.25) is 4.79 Å². The molecular weight excluding hydrogens is 250 g/mol. The zero-order valence-electron chi connectivity index (χ0n) is 10.8. The lowest BCUT2D eigenvalue weighted by Crippen LogP contribution is -2.12. The number of carbonyl (C=O) groups is 2. The highest BCUT2D eigenvalue weighted by Gasteiger charge is 2.22. The van der Waals surface area contributed by atoms with Gasteiger partial charge in [-0.15, -0.1) is 0 Å². The lowest BCUT2D eigenvalue weighted by molar-refractivity contribution is -0.131. The largest absolute Gasteiger partial charge is 0.497 e. The third-order valence-corrected chi connectivity index (χ3v) is 2.91. The van der Waals surface area contributed by atoms with Crippen LogP contribution in [0.1, 0.15) is 10.4 Å². The third kappa shape index (κ3) is 2.01. The normalized spacial score (nSPS) is 10.5. The van der Waals surface area contributed by atoms with Crippen molar-refractivity contribution in [2.75, 3.05) is 14.2 Å². The van der Waals surface area contributed by atoms with Crippen molar-refractivity contribution < 1.29 is 24.2 Å². The zero-order valence-corrected chi connectivity index (χ0v) is 10.8. The first kappa shape index (κ1) is 12.9. The minimum absolute atomic E-state index is 0.113. The second-order valence-corrected chi connectivity index (χ2v) is 4.01. The molecule has 0 aliphatic rings. The Balaban J connectivity index is 2.81. The summed E-state index contributed by atoms with van der Waals surface area (Å²) in [4.78, 5) is 22.5. The number of carbonyl (C=O) groups excluding carboxylic acids is 1. The highest BCUT2D eigenvalue weighted by Crippen LogP contribution is 2.34. The number of ketones is 1. The maximum Gasteiger partial charge on any atom is 0.377 e. The summed E-state index contributed by atoms with van der Waals surface area (Å²) >= 11 is 0. The number of carboxylic acid groups (broad SMARTS) is 1. The van der Waals surface area contributed by atoms with Gasteiger partial charge in [0.15, 0.2) is 0 Å². The van der Waals surface area contributed by atoms with E-state index in [4.69, 9.17) is 14.6 Å². The van der Waals surface area contributed by atoms with Gasteiger partial charge in [0.25, 0.3) is 5.78 Å². The summed E-state index contributed by atoms with van der Waals surface area (Å²) in [5, 5.41) is 9.33. The quantitative estimate of drug-likeness (QED) is 0.667. The predicted octanol–water partition coefficient (Wildman–Crippen LogP) is 1.46. The molecule has 2 rings (SSSR count). The van der Waals surface area contributed by atoms with Gasteiger partial charge in [-0.25, -0.2) is 4.79 Å². The lowest BCUT2D eigenvalue weighted by atomic mass is 10.1. The van der Waals surface area contributed by atoms with Gasteiger partial charge >= 0.3 is 5.97 Å². The Hall–Kier alpha value is -2.50. The molecule has 0 amide bonds. The van der Waals surface area contributed by atoms with E-state index in [1.54, 1.807) is 23.7 Å². The average molecular weight is 263 g/mol. The van der Waals surface area contributed by atoms with Crippen LogP contribution in [0.15, 0.2) is 18.3 Å². The molecule has 0 bridgehead atoms. The zero-order chi connectivity index (χ0) is 14.2. The third-order valence-electron chi connectivity index (χ3n) is 2.91. The second-order valence-electron chi connectivity index (χ2n) is 4.01. The summed E-state index contributed by atoms with van der Waals surface area (Å²) in [5.41, 5.74) is 0.759. The molecule has 1 aromatic carbocycles. The van der Waals surface area contributed by atoms with Crippen molar-refractivity contribution in [3.63, 3.8) is 0 Å². The Morgan fingerprint density at radius 3 is 2.42 bits per heavy atom. The van der Waals surface area contributed by atoms with Gasteiger partial charge < -0.3 is 19.1 Å². The van der Waals surface area contributed by atoms with Crippen LogP contribution in [0.4, 0.5) is 0 Å². The summed E-state index contributed by atoms with van der Waals surface area (Å²) in [7, 11) is 4.71. The molecule has 0 saturated heterocycles. The van der Waals surface area contributed by atoms with Crippen molar-refractivity contribution in [1.29, 1.82) is 0 Å². The van der Waals surface area contributed by atoms with Crippen molar-refractivity contribution in [2.45, 2.75) is 0 Å². The fraction of sp³-hybridized carbons (Fsp3) is 0.231. The monoisotopic (exact) mass is 263 g/mol. The molecule has 1 aromatic heterocycles. The number of ether oxygens (including phenoxy) is 2. The number of benzene rings is 1. The van der Waals surface area contributed by atoms with Crippen molar-refractivity contribution in [1.82, 2.24) is 4.57 Å². The molecule has 6 nitrogen and oxygen atoms in total. The van der Waals surface area contributed by atoms with Crippen LogP contribution in [0.3, 0.4) is 0 Å². The van der Waals surface area contributed by atoms with Crippen molar-refractivity contribution in [3.05, 3.63) is 23.9 Å². The molecule has 19 heavy (non-hydrogen) atoms. The number of hydrogen-bond acceptors (Lipinski definition) is 4. The predicted molar refractivity (Wildman–Crippen MR) is 68.0 cm³/mol. The van der Waals surface area contributed by atoms with E-state index < -0.39 is 11.8 Å². The lowest BCUT2D eigenvalue weighted by Gasteiger charge is -2.07. The first-order valence-electron chi connectivity index (χ1n) is 5.48. The van der Waals surface area contributed by atoms with E-state index in [0.29, 0.717) is 22.4 Å². The van der Waals surface area contributed by atoms with Gasteiger partial charge in [0.2, 0.25) is 0 Å². The summed E-state index contributed by atoms with van der Waals surface area (Å²) in [6, 6.07) is 3.30. The van der Waals surface area contributed by atoms with Gasteiger partial charge in [0.1, 0.15) is 11.5 Å². The van der Waals surface area contributed by atoms with Gasteiger partial charge in [-0.05, 0) is 6.07 Å². The molecule has 0 radical (unpaired) electrons. The van der Waals surface area contributed by atoms with E-state index in [1.165, 1.54) is 20.4 Å². The molecule has 100 valence electrons. The van der Waals surface area contributed by atoms with Gasteiger partial charge in [0, 0.05) is 24.7 Å².